The second-order valence-electron chi connectivity index (χ2n) is 5.21. The van der Waals surface area contributed by atoms with Crippen LogP contribution in [0.5, 0.6) is 0 Å². The van der Waals surface area contributed by atoms with Crippen molar-refractivity contribution in [2.45, 2.75) is 32.4 Å². The van der Waals surface area contributed by atoms with Crippen LogP contribution >= 0.6 is 0 Å². The van der Waals surface area contributed by atoms with Gasteiger partial charge in [-0.25, -0.2) is 0 Å². The average Bonchev–Trinajstić information content (AvgIpc) is 2.48. The number of halogens is 3. The fourth-order valence-electron chi connectivity index (χ4n) is 2.66. The molecule has 2 aromatic rings. The minimum atomic E-state index is -4.45. The maximum absolute atomic E-state index is 13.0. The van der Waals surface area contributed by atoms with Crippen LogP contribution < -0.4 is 0 Å². The second kappa shape index (κ2) is 6.34. The number of ketones is 1. The standard InChI is InChI=1S/C18H17F3O/c1-3-14(13-8-5-4-6-9-13)17(22)15-10-7-11-16(12(15)2)18(19,20)21/h4-11,14H,3H2,1-2H3. The van der Waals surface area contributed by atoms with Gasteiger partial charge in [0.1, 0.15) is 0 Å². The lowest BCUT2D eigenvalue weighted by Crippen LogP contribution is -2.16. The molecule has 0 bridgehead atoms. The topological polar surface area (TPSA) is 17.1 Å². The summed E-state index contributed by atoms with van der Waals surface area (Å²) in [5.41, 5.74) is 0.216. The smallest absolute Gasteiger partial charge is 0.293 e. The first kappa shape index (κ1) is 16.3. The third-order valence-corrected chi connectivity index (χ3v) is 3.83. The number of rotatable bonds is 4. The highest BCUT2D eigenvalue weighted by Crippen LogP contribution is 2.34. The van der Waals surface area contributed by atoms with Crippen LogP contribution in [0.15, 0.2) is 48.5 Å². The van der Waals surface area contributed by atoms with Crippen LogP contribution in [-0.2, 0) is 6.18 Å². The molecular formula is C18H17F3O. The Morgan fingerprint density at radius 2 is 1.68 bits per heavy atom. The molecule has 116 valence electrons. The van der Waals surface area contributed by atoms with E-state index in [1.165, 1.54) is 19.1 Å². The molecule has 0 aliphatic rings. The van der Waals surface area contributed by atoms with Crippen molar-refractivity contribution in [3.05, 3.63) is 70.8 Å². The molecular weight excluding hydrogens is 289 g/mol. The Morgan fingerprint density at radius 3 is 2.23 bits per heavy atom. The Morgan fingerprint density at radius 1 is 1.05 bits per heavy atom. The van der Waals surface area contributed by atoms with Crippen molar-refractivity contribution in [2.24, 2.45) is 0 Å². The van der Waals surface area contributed by atoms with E-state index in [1.54, 1.807) is 0 Å². The molecule has 0 radical (unpaired) electrons. The summed E-state index contributed by atoms with van der Waals surface area (Å²) in [6.45, 7) is 3.21. The largest absolute Gasteiger partial charge is 0.416 e. The monoisotopic (exact) mass is 306 g/mol. The molecule has 0 N–H and O–H groups in total. The quantitative estimate of drug-likeness (QED) is 0.692. The first-order valence-corrected chi connectivity index (χ1v) is 7.12. The lowest BCUT2D eigenvalue weighted by atomic mass is 9.86. The van der Waals surface area contributed by atoms with E-state index in [9.17, 15) is 18.0 Å². The van der Waals surface area contributed by atoms with E-state index in [0.29, 0.717) is 6.42 Å². The van der Waals surface area contributed by atoms with E-state index in [1.807, 2.05) is 37.3 Å². The van der Waals surface area contributed by atoms with Gasteiger partial charge in [0.05, 0.1) is 5.56 Å². The summed E-state index contributed by atoms with van der Waals surface area (Å²) >= 11 is 0. The molecule has 1 atom stereocenters. The SMILES string of the molecule is CCC(C(=O)c1cccc(C(F)(F)F)c1C)c1ccccc1. The number of Topliss-reactive ketones (excluding diaryl/α,β-unsaturated/α-hetero) is 1. The van der Waals surface area contributed by atoms with Gasteiger partial charge < -0.3 is 0 Å². The van der Waals surface area contributed by atoms with Gasteiger partial charge in [0.25, 0.3) is 0 Å². The summed E-state index contributed by atoms with van der Waals surface area (Å²) < 4.78 is 39.0. The molecule has 1 nitrogen and oxygen atoms in total. The van der Waals surface area contributed by atoms with Crippen LogP contribution in [0.4, 0.5) is 13.2 Å². The van der Waals surface area contributed by atoms with Gasteiger partial charge in [-0.1, -0.05) is 49.4 Å². The van der Waals surface area contributed by atoms with Gasteiger partial charge in [0.15, 0.2) is 5.78 Å². The van der Waals surface area contributed by atoms with E-state index >= 15 is 0 Å². The molecule has 4 heteroatoms. The summed E-state index contributed by atoms with van der Waals surface area (Å²) in [7, 11) is 0. The molecule has 0 heterocycles. The summed E-state index contributed by atoms with van der Waals surface area (Å²) in [6, 6.07) is 12.9. The summed E-state index contributed by atoms with van der Waals surface area (Å²) in [5, 5.41) is 0. The molecule has 2 rings (SSSR count). The van der Waals surface area contributed by atoms with Crippen molar-refractivity contribution < 1.29 is 18.0 Å². The number of carbonyl (C=O) groups excluding carboxylic acids is 1. The normalized spacial score (nSPS) is 13.0. The minimum Gasteiger partial charge on any atom is -0.293 e. The van der Waals surface area contributed by atoms with Crippen LogP contribution in [0.1, 0.15) is 46.3 Å². The van der Waals surface area contributed by atoms with Gasteiger partial charge in [0, 0.05) is 11.5 Å². The molecule has 0 saturated heterocycles. The zero-order chi connectivity index (χ0) is 16.3. The lowest BCUT2D eigenvalue weighted by Gasteiger charge is -2.18. The second-order valence-corrected chi connectivity index (χ2v) is 5.21. The highest BCUT2D eigenvalue weighted by atomic mass is 19.4. The van der Waals surface area contributed by atoms with Crippen LogP contribution in [0, 0.1) is 6.92 Å². The molecule has 0 aliphatic heterocycles. The van der Waals surface area contributed by atoms with Crippen LogP contribution in [0.2, 0.25) is 0 Å². The summed E-state index contributed by atoms with van der Waals surface area (Å²) in [5.74, 6) is -0.694. The number of benzene rings is 2. The van der Waals surface area contributed by atoms with Gasteiger partial charge in [0.2, 0.25) is 0 Å². The van der Waals surface area contributed by atoms with Gasteiger partial charge in [-0.05, 0) is 30.5 Å². The predicted octanol–water partition coefficient (Wildman–Crippen LogP) is 5.39. The fourth-order valence-corrected chi connectivity index (χ4v) is 2.66. The van der Waals surface area contributed by atoms with Crippen molar-refractivity contribution in [3.63, 3.8) is 0 Å². The fraction of sp³-hybridized carbons (Fsp3) is 0.278. The number of hydrogen-bond donors (Lipinski definition) is 0. The number of carbonyl (C=O) groups is 1. The van der Waals surface area contributed by atoms with Crippen LogP contribution in [-0.4, -0.2) is 5.78 Å². The molecule has 0 fully saturated rings. The van der Waals surface area contributed by atoms with Gasteiger partial charge in [-0.15, -0.1) is 0 Å². The van der Waals surface area contributed by atoms with E-state index < -0.39 is 17.7 Å². The Labute approximate surface area is 127 Å². The first-order chi connectivity index (χ1) is 10.4. The van der Waals surface area contributed by atoms with Gasteiger partial charge in [-0.2, -0.15) is 13.2 Å². The number of hydrogen-bond acceptors (Lipinski definition) is 1. The summed E-state index contributed by atoms with van der Waals surface area (Å²) in [4.78, 5) is 12.7. The minimum absolute atomic E-state index is 0.00520. The van der Waals surface area contributed by atoms with E-state index in [-0.39, 0.29) is 16.9 Å². The molecule has 22 heavy (non-hydrogen) atoms. The maximum Gasteiger partial charge on any atom is 0.416 e. The Kier molecular flexibility index (Phi) is 4.69. The van der Waals surface area contributed by atoms with Crippen molar-refractivity contribution >= 4 is 5.78 Å². The van der Waals surface area contributed by atoms with Crippen LogP contribution in [0.25, 0.3) is 0 Å². The van der Waals surface area contributed by atoms with Crippen LogP contribution in [0.3, 0.4) is 0 Å². The highest BCUT2D eigenvalue weighted by Gasteiger charge is 2.34. The van der Waals surface area contributed by atoms with E-state index in [4.69, 9.17) is 0 Å². The van der Waals surface area contributed by atoms with Gasteiger partial charge in [-0.3, -0.25) is 4.79 Å². The Hall–Kier alpha value is -2.10. The maximum atomic E-state index is 13.0. The predicted molar refractivity (Wildman–Crippen MR) is 80.0 cm³/mol. The molecule has 2 aromatic carbocycles. The van der Waals surface area contributed by atoms with Crippen molar-refractivity contribution in [1.82, 2.24) is 0 Å². The highest BCUT2D eigenvalue weighted by molar-refractivity contribution is 6.02. The van der Waals surface area contributed by atoms with Gasteiger partial charge >= 0.3 is 6.18 Å². The zero-order valence-electron chi connectivity index (χ0n) is 12.4. The average molecular weight is 306 g/mol. The van der Waals surface area contributed by atoms with Crippen molar-refractivity contribution in [3.8, 4) is 0 Å². The number of alkyl halides is 3. The molecule has 0 amide bonds. The van der Waals surface area contributed by atoms with Crippen molar-refractivity contribution in [2.75, 3.05) is 0 Å². The van der Waals surface area contributed by atoms with E-state index in [2.05, 4.69) is 0 Å². The third-order valence-electron chi connectivity index (χ3n) is 3.83. The molecule has 0 aromatic heterocycles. The summed E-state index contributed by atoms with van der Waals surface area (Å²) in [6.07, 6.45) is -3.91. The Balaban J connectivity index is 2.45. The Bertz CT molecular complexity index is 660. The third kappa shape index (κ3) is 3.21. The zero-order valence-corrected chi connectivity index (χ0v) is 12.4. The first-order valence-electron chi connectivity index (χ1n) is 7.12. The molecule has 0 spiro atoms. The molecule has 0 saturated carbocycles. The molecule has 1 unspecified atom stereocenters. The van der Waals surface area contributed by atoms with Crippen molar-refractivity contribution in [1.29, 1.82) is 0 Å². The molecule has 0 aliphatic carbocycles. The lowest BCUT2D eigenvalue weighted by molar-refractivity contribution is -0.138. The van der Waals surface area contributed by atoms with E-state index in [0.717, 1.165) is 11.6 Å².